The quantitative estimate of drug-likeness (QED) is 0.0215. The van der Waals surface area contributed by atoms with Gasteiger partial charge >= 0.3 is 0 Å². The number of ether oxygens (including phenoxy) is 2. The number of hydrogen-bond donors (Lipinski definition) is 8. The number of hydrogen-bond acceptors (Lipinski definition) is 10. The Balaban J connectivity index is 2.33. The number of nitrogens with one attached hydrogen (secondary N) is 1. The van der Waals surface area contributed by atoms with Gasteiger partial charge in [0.1, 0.15) is 36.6 Å². The van der Waals surface area contributed by atoms with E-state index in [1.807, 2.05) is 0 Å². The molecule has 0 aromatic carbocycles. The predicted molar refractivity (Wildman–Crippen MR) is 289 cm³/mol. The van der Waals surface area contributed by atoms with Crippen molar-refractivity contribution in [3.05, 3.63) is 24.3 Å². The van der Waals surface area contributed by atoms with Crippen LogP contribution in [0.25, 0.3) is 0 Å². The fraction of sp³-hybridized carbons (Fsp3) is 0.915. The van der Waals surface area contributed by atoms with Crippen molar-refractivity contribution in [2.75, 3.05) is 13.2 Å². The number of carbonyl (C=O) groups is 1. The van der Waals surface area contributed by atoms with Crippen molar-refractivity contribution in [1.82, 2.24) is 5.32 Å². The number of aliphatic hydroxyl groups is 7. The minimum Gasteiger partial charge on any atom is -0.394 e. The van der Waals surface area contributed by atoms with Gasteiger partial charge in [-0.3, -0.25) is 4.79 Å². The van der Waals surface area contributed by atoms with Crippen LogP contribution in [0.15, 0.2) is 24.3 Å². The average molecular weight is 997 g/mol. The van der Waals surface area contributed by atoms with Gasteiger partial charge in [0.05, 0.1) is 25.4 Å². The van der Waals surface area contributed by atoms with Crippen LogP contribution in [0.5, 0.6) is 0 Å². The molecular formula is C59H113NO10. The molecule has 9 unspecified atom stereocenters. The number of amides is 1. The second-order valence-electron chi connectivity index (χ2n) is 21.1. The monoisotopic (exact) mass is 996 g/mol. The SMILES string of the molecule is CCCCCCCCCCCCCC/C=C/CC/C=C/CCCC(O)C(O)C(COC1OC(CO)C(O)C(O)C1O)NC(=O)C(O)CCCCCCCCCCCCCCCCCCCCCCCC. The lowest BCUT2D eigenvalue weighted by Crippen LogP contribution is -2.60. The third kappa shape index (κ3) is 36.5. The molecule has 11 nitrogen and oxygen atoms in total. The highest BCUT2D eigenvalue weighted by Gasteiger charge is 2.44. The van der Waals surface area contributed by atoms with Crippen LogP contribution < -0.4 is 5.32 Å². The fourth-order valence-electron chi connectivity index (χ4n) is 9.64. The van der Waals surface area contributed by atoms with Crippen LogP contribution in [-0.2, 0) is 14.3 Å². The largest absolute Gasteiger partial charge is 0.394 e. The van der Waals surface area contributed by atoms with Gasteiger partial charge < -0.3 is 50.5 Å². The van der Waals surface area contributed by atoms with Crippen LogP contribution in [-0.4, -0.2) is 110 Å². The van der Waals surface area contributed by atoms with E-state index in [1.54, 1.807) is 0 Å². The van der Waals surface area contributed by atoms with E-state index < -0.39 is 74.2 Å². The smallest absolute Gasteiger partial charge is 0.249 e. The minimum absolute atomic E-state index is 0.249. The molecule has 0 bridgehead atoms. The first-order valence-corrected chi connectivity index (χ1v) is 29.7. The summed E-state index contributed by atoms with van der Waals surface area (Å²) in [4.78, 5) is 13.2. The lowest BCUT2D eigenvalue weighted by Gasteiger charge is -2.40. The zero-order chi connectivity index (χ0) is 51.1. The third-order valence-corrected chi connectivity index (χ3v) is 14.5. The second-order valence-corrected chi connectivity index (χ2v) is 21.1. The van der Waals surface area contributed by atoms with Crippen LogP contribution in [0.2, 0.25) is 0 Å². The Labute approximate surface area is 429 Å². The lowest BCUT2D eigenvalue weighted by molar-refractivity contribution is -0.303. The van der Waals surface area contributed by atoms with Gasteiger partial charge in [-0.05, 0) is 51.4 Å². The maximum absolute atomic E-state index is 13.2. The zero-order valence-corrected chi connectivity index (χ0v) is 45.3. The number of carbonyl (C=O) groups excluding carboxylic acids is 1. The summed E-state index contributed by atoms with van der Waals surface area (Å²) in [6.45, 7) is 3.47. The molecular weight excluding hydrogens is 883 g/mol. The first kappa shape index (κ1) is 66.6. The van der Waals surface area contributed by atoms with Crippen molar-refractivity contribution in [2.45, 2.75) is 332 Å². The molecule has 0 radical (unpaired) electrons. The summed E-state index contributed by atoms with van der Waals surface area (Å²) in [5.41, 5.74) is 0. The molecule has 1 aliphatic rings. The maximum atomic E-state index is 13.2. The Morgan fingerprint density at radius 2 is 0.857 bits per heavy atom. The van der Waals surface area contributed by atoms with E-state index >= 15 is 0 Å². The van der Waals surface area contributed by atoms with Gasteiger partial charge in [-0.1, -0.05) is 250 Å². The summed E-state index contributed by atoms with van der Waals surface area (Å²) in [5, 5.41) is 76.1. The van der Waals surface area contributed by atoms with Gasteiger partial charge in [-0.25, -0.2) is 0 Å². The first-order chi connectivity index (χ1) is 34.2. The molecule has 1 heterocycles. The Bertz CT molecular complexity index is 1190. The van der Waals surface area contributed by atoms with Gasteiger partial charge in [0.25, 0.3) is 0 Å². The normalized spacial score (nSPS) is 20.4. The number of unbranched alkanes of at least 4 members (excludes halogenated alkanes) is 35. The van der Waals surface area contributed by atoms with E-state index in [0.717, 1.165) is 38.5 Å². The molecule has 9 atom stereocenters. The average Bonchev–Trinajstić information content (AvgIpc) is 3.36. The molecule has 8 N–H and O–H groups in total. The standard InChI is InChI=1S/C59H113NO10/c1-3-5-7-9-11-13-15-17-19-21-23-25-27-29-31-33-35-37-39-41-43-45-47-52(63)58(68)60-50(49-69-59-57(67)56(66)55(65)53(48-61)70-59)54(64)51(62)46-44-42-40-38-36-34-32-30-28-26-24-22-20-18-16-14-12-10-8-6-4-2/h30,32,38,40,50-57,59,61-67H,3-29,31,33-37,39,41-49H2,1-2H3,(H,60,68)/b32-30+,40-38+. The minimum atomic E-state index is -1.67. The molecule has 0 spiro atoms. The molecule has 1 saturated heterocycles. The molecule has 70 heavy (non-hydrogen) atoms. The maximum Gasteiger partial charge on any atom is 0.249 e. The van der Waals surface area contributed by atoms with Crippen LogP contribution >= 0.6 is 0 Å². The molecule has 0 aliphatic carbocycles. The molecule has 11 heteroatoms. The molecule has 0 aromatic rings. The van der Waals surface area contributed by atoms with E-state index in [0.29, 0.717) is 19.3 Å². The van der Waals surface area contributed by atoms with E-state index in [2.05, 4.69) is 43.5 Å². The summed E-state index contributed by atoms with van der Waals surface area (Å²) >= 11 is 0. The van der Waals surface area contributed by atoms with Gasteiger partial charge in [0.15, 0.2) is 6.29 Å². The van der Waals surface area contributed by atoms with Crippen molar-refractivity contribution in [3.8, 4) is 0 Å². The van der Waals surface area contributed by atoms with Crippen molar-refractivity contribution < 1.29 is 50.0 Å². The van der Waals surface area contributed by atoms with E-state index in [4.69, 9.17) is 9.47 Å². The summed E-state index contributed by atoms with van der Waals surface area (Å²) < 4.78 is 11.1. The molecule has 1 fully saturated rings. The van der Waals surface area contributed by atoms with E-state index in [-0.39, 0.29) is 12.8 Å². The summed E-state index contributed by atoms with van der Waals surface area (Å²) in [6.07, 6.45) is 46.6. The molecule has 0 saturated carbocycles. The highest BCUT2D eigenvalue weighted by Crippen LogP contribution is 2.23. The third-order valence-electron chi connectivity index (χ3n) is 14.5. The Hall–Kier alpha value is -1.41. The first-order valence-electron chi connectivity index (χ1n) is 29.7. The second kappa shape index (κ2) is 48.5. The summed E-state index contributed by atoms with van der Waals surface area (Å²) in [5.74, 6) is -0.705. The van der Waals surface area contributed by atoms with Gasteiger partial charge in [-0.15, -0.1) is 0 Å². The topological polar surface area (TPSA) is 189 Å². The Morgan fingerprint density at radius 3 is 1.27 bits per heavy atom. The highest BCUT2D eigenvalue weighted by atomic mass is 16.7. The number of aliphatic hydroxyl groups excluding tert-OH is 7. The van der Waals surface area contributed by atoms with Gasteiger partial charge in [-0.2, -0.15) is 0 Å². The molecule has 414 valence electrons. The molecule has 1 rings (SSSR count). The number of allylic oxidation sites excluding steroid dienone is 4. The zero-order valence-electron chi connectivity index (χ0n) is 45.3. The van der Waals surface area contributed by atoms with E-state index in [9.17, 15) is 40.5 Å². The highest BCUT2D eigenvalue weighted by molar-refractivity contribution is 5.80. The lowest BCUT2D eigenvalue weighted by atomic mass is 9.98. The van der Waals surface area contributed by atoms with E-state index in [1.165, 1.54) is 193 Å². The van der Waals surface area contributed by atoms with Crippen molar-refractivity contribution in [1.29, 1.82) is 0 Å². The van der Waals surface area contributed by atoms with Crippen LogP contribution in [0, 0.1) is 0 Å². The molecule has 1 aliphatic heterocycles. The number of rotatable bonds is 51. The van der Waals surface area contributed by atoms with Crippen LogP contribution in [0.1, 0.15) is 277 Å². The predicted octanol–water partition coefficient (Wildman–Crippen LogP) is 12.5. The van der Waals surface area contributed by atoms with Gasteiger partial charge in [0, 0.05) is 0 Å². The Morgan fingerprint density at radius 1 is 0.486 bits per heavy atom. The van der Waals surface area contributed by atoms with Crippen LogP contribution in [0.3, 0.4) is 0 Å². The van der Waals surface area contributed by atoms with Gasteiger partial charge in [0.2, 0.25) is 5.91 Å². The molecule has 0 aromatic heterocycles. The molecule has 1 amide bonds. The van der Waals surface area contributed by atoms with Crippen molar-refractivity contribution in [3.63, 3.8) is 0 Å². The van der Waals surface area contributed by atoms with Crippen molar-refractivity contribution in [2.24, 2.45) is 0 Å². The Kier molecular flexibility index (Phi) is 46.2. The summed E-state index contributed by atoms with van der Waals surface area (Å²) in [7, 11) is 0. The summed E-state index contributed by atoms with van der Waals surface area (Å²) in [6, 6.07) is -1.19. The van der Waals surface area contributed by atoms with Crippen LogP contribution in [0.4, 0.5) is 0 Å². The fourth-order valence-corrected chi connectivity index (χ4v) is 9.64. The van der Waals surface area contributed by atoms with Crippen molar-refractivity contribution >= 4 is 5.91 Å².